The van der Waals surface area contributed by atoms with Gasteiger partial charge in [-0.1, -0.05) is 32.6 Å². The van der Waals surface area contributed by atoms with Crippen LogP contribution in [0.15, 0.2) is 0 Å². The molecule has 0 fully saturated rings. The fourth-order valence-corrected chi connectivity index (χ4v) is 2.63. The van der Waals surface area contributed by atoms with Crippen LogP contribution in [-0.4, -0.2) is 28.3 Å². The van der Waals surface area contributed by atoms with Gasteiger partial charge < -0.3 is 14.3 Å². The summed E-state index contributed by atoms with van der Waals surface area (Å²) >= 11 is 0. The summed E-state index contributed by atoms with van der Waals surface area (Å²) in [7, 11) is 1.77. The Morgan fingerprint density at radius 3 is 1.92 bits per heavy atom. The van der Waals surface area contributed by atoms with Crippen molar-refractivity contribution in [2.75, 3.05) is 14.2 Å². The summed E-state index contributed by atoms with van der Waals surface area (Å²) in [6.45, 7) is 4.35. The van der Waals surface area contributed by atoms with Gasteiger partial charge >= 0.3 is 8.56 Å². The van der Waals surface area contributed by atoms with Gasteiger partial charge in [0.25, 0.3) is 0 Å². The molecule has 0 spiro atoms. The molecule has 0 aromatic heterocycles. The van der Waals surface area contributed by atoms with E-state index in [2.05, 4.69) is 13.5 Å². The highest BCUT2D eigenvalue weighted by Crippen LogP contribution is 2.16. The van der Waals surface area contributed by atoms with Gasteiger partial charge in [0.05, 0.1) is 0 Å². The molecular formula is C9H24O3Si. The normalized spacial score (nSPS) is 11.1. The Morgan fingerprint density at radius 2 is 1.54 bits per heavy atom. The Labute approximate surface area is 83.0 Å². The molecule has 0 atom stereocenters. The van der Waals surface area contributed by atoms with E-state index in [4.69, 9.17) is 8.85 Å². The van der Waals surface area contributed by atoms with Gasteiger partial charge in [-0.3, -0.25) is 0 Å². The van der Waals surface area contributed by atoms with Gasteiger partial charge in [0.1, 0.15) is 0 Å². The van der Waals surface area contributed by atoms with Crippen LogP contribution < -0.4 is 0 Å². The molecule has 13 heavy (non-hydrogen) atoms. The Kier molecular flexibility index (Phi) is 10.4. The summed E-state index contributed by atoms with van der Waals surface area (Å²) in [4.78, 5) is 0. The lowest BCUT2D eigenvalue weighted by atomic mass is 10.2. The molecule has 0 aliphatic carbocycles. The van der Waals surface area contributed by atoms with Gasteiger partial charge in [0.15, 0.2) is 0 Å². The van der Waals surface area contributed by atoms with E-state index in [1.807, 2.05) is 0 Å². The largest absolute Gasteiger partial charge is 0.412 e. The topological polar surface area (TPSA) is 50.0 Å². The monoisotopic (exact) mass is 208 g/mol. The molecule has 0 bridgehead atoms. The zero-order valence-electron chi connectivity index (χ0n) is 9.35. The van der Waals surface area contributed by atoms with Crippen LogP contribution in [0.4, 0.5) is 0 Å². The molecular weight excluding hydrogens is 184 g/mol. The van der Waals surface area contributed by atoms with Crippen LogP contribution >= 0.6 is 0 Å². The highest BCUT2D eigenvalue weighted by Gasteiger charge is 2.27. The Balaban J connectivity index is 0. The lowest BCUT2D eigenvalue weighted by molar-refractivity contribution is 0.248. The van der Waals surface area contributed by atoms with Crippen molar-refractivity contribution in [3.63, 3.8) is 0 Å². The van der Waals surface area contributed by atoms with Crippen LogP contribution in [0.25, 0.3) is 0 Å². The molecule has 0 saturated heterocycles. The van der Waals surface area contributed by atoms with Crippen LogP contribution in [0.3, 0.4) is 0 Å². The third-order valence-corrected chi connectivity index (χ3v) is 5.34. The minimum Gasteiger partial charge on any atom is -0.412 e. The molecule has 3 nitrogen and oxygen atoms in total. The van der Waals surface area contributed by atoms with Crippen molar-refractivity contribution in [1.82, 2.24) is 0 Å². The van der Waals surface area contributed by atoms with E-state index in [9.17, 15) is 0 Å². The summed E-state index contributed by atoms with van der Waals surface area (Å²) < 4.78 is 10.8. The smallest absolute Gasteiger partial charge is 0.334 e. The quantitative estimate of drug-likeness (QED) is 0.475. The fraction of sp³-hybridized carbons (Fsp3) is 1.00. The Hall–Kier alpha value is 0.0969. The highest BCUT2D eigenvalue weighted by molar-refractivity contribution is 6.65. The summed E-state index contributed by atoms with van der Waals surface area (Å²) in [5, 5.41) is 0. The van der Waals surface area contributed by atoms with Crippen molar-refractivity contribution in [1.29, 1.82) is 0 Å². The molecule has 2 N–H and O–H groups in total. The second kappa shape index (κ2) is 8.68. The molecule has 0 radical (unpaired) electrons. The van der Waals surface area contributed by atoms with Gasteiger partial charge in [0.2, 0.25) is 0 Å². The van der Waals surface area contributed by atoms with Crippen LogP contribution in [0, 0.1) is 0 Å². The van der Waals surface area contributed by atoms with E-state index in [-0.39, 0.29) is 5.48 Å². The van der Waals surface area contributed by atoms with E-state index in [0.29, 0.717) is 0 Å². The van der Waals surface area contributed by atoms with E-state index < -0.39 is 8.56 Å². The maximum Gasteiger partial charge on any atom is 0.334 e. The van der Waals surface area contributed by atoms with Crippen LogP contribution in [0.1, 0.15) is 32.6 Å². The molecule has 82 valence electrons. The highest BCUT2D eigenvalue weighted by atomic mass is 28.4. The number of hydrogen-bond acceptors (Lipinski definition) is 2. The second-order valence-electron chi connectivity index (χ2n) is 3.35. The summed E-state index contributed by atoms with van der Waals surface area (Å²) in [6.07, 6.45) is 5.18. The SMILES string of the molecule is CCCCCC[Si](C)(OC)OC.O. The van der Waals surface area contributed by atoms with Crippen molar-refractivity contribution in [3.8, 4) is 0 Å². The van der Waals surface area contributed by atoms with Crippen molar-refractivity contribution in [2.24, 2.45) is 0 Å². The fourth-order valence-electron chi connectivity index (χ4n) is 1.16. The van der Waals surface area contributed by atoms with Gasteiger partial charge in [-0.05, 0) is 12.6 Å². The van der Waals surface area contributed by atoms with Gasteiger partial charge in [-0.2, -0.15) is 0 Å². The minimum absolute atomic E-state index is 0. The van der Waals surface area contributed by atoms with Crippen LogP contribution in [-0.2, 0) is 8.85 Å². The van der Waals surface area contributed by atoms with E-state index in [1.165, 1.54) is 25.7 Å². The lowest BCUT2D eigenvalue weighted by Crippen LogP contribution is -2.35. The molecule has 0 heterocycles. The Bertz CT molecular complexity index is 105. The predicted octanol–water partition coefficient (Wildman–Crippen LogP) is 2.11. The predicted molar refractivity (Wildman–Crippen MR) is 58.2 cm³/mol. The third kappa shape index (κ3) is 7.19. The first-order chi connectivity index (χ1) is 5.68. The van der Waals surface area contributed by atoms with Crippen LogP contribution in [0.5, 0.6) is 0 Å². The van der Waals surface area contributed by atoms with Crippen molar-refractivity contribution in [2.45, 2.75) is 45.2 Å². The standard InChI is InChI=1S/C9H22O2Si.H2O/c1-5-6-7-8-9-12(4,10-2)11-3;/h5-9H2,1-4H3;1H2. The summed E-state index contributed by atoms with van der Waals surface area (Å²) in [6, 6.07) is 1.12. The molecule has 0 aromatic carbocycles. The molecule has 0 amide bonds. The van der Waals surface area contributed by atoms with Crippen molar-refractivity contribution < 1.29 is 14.3 Å². The first-order valence-corrected chi connectivity index (χ1v) is 7.31. The molecule has 0 saturated carbocycles. The van der Waals surface area contributed by atoms with Gasteiger partial charge in [-0.15, -0.1) is 0 Å². The van der Waals surface area contributed by atoms with Gasteiger partial charge in [0, 0.05) is 14.2 Å². The lowest BCUT2D eigenvalue weighted by Gasteiger charge is -2.22. The zero-order chi connectivity index (χ0) is 9.45. The number of hydrogen-bond donors (Lipinski definition) is 0. The summed E-state index contributed by atoms with van der Waals surface area (Å²) in [5.74, 6) is 0. The van der Waals surface area contributed by atoms with Crippen LogP contribution in [0.2, 0.25) is 12.6 Å². The molecule has 0 aliphatic heterocycles. The van der Waals surface area contributed by atoms with E-state index in [1.54, 1.807) is 14.2 Å². The van der Waals surface area contributed by atoms with Crippen molar-refractivity contribution >= 4 is 8.56 Å². The average Bonchev–Trinajstić information content (AvgIpc) is 2.12. The first-order valence-electron chi connectivity index (χ1n) is 4.79. The molecule has 0 unspecified atom stereocenters. The third-order valence-electron chi connectivity index (χ3n) is 2.35. The minimum atomic E-state index is -1.75. The van der Waals surface area contributed by atoms with Gasteiger partial charge in [-0.25, -0.2) is 0 Å². The Morgan fingerprint density at radius 1 is 1.00 bits per heavy atom. The zero-order valence-corrected chi connectivity index (χ0v) is 10.4. The van der Waals surface area contributed by atoms with E-state index in [0.717, 1.165) is 6.04 Å². The second-order valence-corrected chi connectivity index (χ2v) is 6.94. The molecule has 0 aromatic rings. The number of unbranched alkanes of at least 4 members (excludes halogenated alkanes) is 3. The van der Waals surface area contributed by atoms with Crippen molar-refractivity contribution in [3.05, 3.63) is 0 Å². The maximum atomic E-state index is 5.38. The average molecular weight is 208 g/mol. The maximum absolute atomic E-state index is 5.38. The molecule has 0 aliphatic rings. The molecule has 0 rings (SSSR count). The summed E-state index contributed by atoms with van der Waals surface area (Å²) in [5.41, 5.74) is 0. The number of rotatable bonds is 7. The molecule has 4 heteroatoms. The van der Waals surface area contributed by atoms with E-state index >= 15 is 0 Å². The first kappa shape index (κ1) is 15.6.